The molecule has 90 valence electrons. The van der Waals surface area contributed by atoms with Crippen molar-refractivity contribution in [2.24, 2.45) is 0 Å². The van der Waals surface area contributed by atoms with Crippen molar-refractivity contribution >= 4 is 28.6 Å². The van der Waals surface area contributed by atoms with Crippen LogP contribution in [0.15, 0.2) is 0 Å². The highest BCUT2D eigenvalue weighted by Gasteiger charge is 2.45. The van der Waals surface area contributed by atoms with Crippen molar-refractivity contribution in [3.63, 3.8) is 0 Å². The molecule has 0 amide bonds. The zero-order valence-corrected chi connectivity index (χ0v) is 11.4. The summed E-state index contributed by atoms with van der Waals surface area (Å²) in [5.41, 5.74) is 0. The number of halogens is 3. The molecule has 0 aromatic rings. The van der Waals surface area contributed by atoms with Crippen molar-refractivity contribution in [3.05, 3.63) is 0 Å². The van der Waals surface area contributed by atoms with E-state index in [1.54, 1.807) is 6.92 Å². The largest absolute Gasteiger partial charge is 0.462 e. The lowest BCUT2D eigenvalue weighted by molar-refractivity contribution is -0.173. The Labute approximate surface area is 103 Å². The lowest BCUT2D eigenvalue weighted by Gasteiger charge is -2.26. The first-order valence-electron chi connectivity index (χ1n) is 4.99. The summed E-state index contributed by atoms with van der Waals surface area (Å²) in [6.07, 6.45) is 1.01. The number of ether oxygens (including phenoxy) is 1. The van der Waals surface area contributed by atoms with Gasteiger partial charge in [0.25, 0.3) is 0 Å². The SMILES string of the molecule is CCCC(C)(I)CC(F)(F)C(=O)OCC. The van der Waals surface area contributed by atoms with Gasteiger partial charge in [0.1, 0.15) is 0 Å². The number of hydrogen-bond donors (Lipinski definition) is 0. The molecule has 1 unspecified atom stereocenters. The van der Waals surface area contributed by atoms with E-state index in [2.05, 4.69) is 4.74 Å². The van der Waals surface area contributed by atoms with Crippen LogP contribution in [0.1, 0.15) is 40.0 Å². The minimum atomic E-state index is -3.37. The number of rotatable bonds is 6. The lowest BCUT2D eigenvalue weighted by Crippen LogP contribution is -2.37. The van der Waals surface area contributed by atoms with Gasteiger partial charge < -0.3 is 4.74 Å². The third-order valence-electron chi connectivity index (χ3n) is 1.94. The molecule has 5 heteroatoms. The average molecular weight is 334 g/mol. The monoisotopic (exact) mass is 334 g/mol. The van der Waals surface area contributed by atoms with E-state index in [-0.39, 0.29) is 6.61 Å². The first kappa shape index (κ1) is 15.1. The molecule has 0 aromatic carbocycles. The minimum absolute atomic E-state index is 0.0137. The maximum atomic E-state index is 13.3. The average Bonchev–Trinajstić information content (AvgIpc) is 2.01. The fourth-order valence-corrected chi connectivity index (χ4v) is 2.40. The Hall–Kier alpha value is 0.0600. The fraction of sp³-hybridized carbons (Fsp3) is 0.900. The van der Waals surface area contributed by atoms with Crippen LogP contribution >= 0.6 is 22.6 Å². The van der Waals surface area contributed by atoms with Crippen LogP contribution in [0.4, 0.5) is 8.78 Å². The second-order valence-electron chi connectivity index (χ2n) is 3.77. The molecule has 0 rings (SSSR count). The first-order chi connectivity index (χ1) is 6.75. The third-order valence-corrected chi connectivity index (χ3v) is 2.86. The highest BCUT2D eigenvalue weighted by atomic mass is 127. The van der Waals surface area contributed by atoms with Crippen molar-refractivity contribution in [1.29, 1.82) is 0 Å². The standard InChI is InChI=1S/C10H17F2IO2/c1-4-6-9(3,13)7-10(11,12)8(14)15-5-2/h4-7H2,1-3H3. The van der Waals surface area contributed by atoms with E-state index in [1.807, 2.05) is 29.5 Å². The van der Waals surface area contributed by atoms with E-state index in [0.717, 1.165) is 6.42 Å². The van der Waals surface area contributed by atoms with Gasteiger partial charge in [0.2, 0.25) is 0 Å². The molecule has 15 heavy (non-hydrogen) atoms. The molecule has 0 saturated heterocycles. The van der Waals surface area contributed by atoms with Gasteiger partial charge in [0.15, 0.2) is 0 Å². The van der Waals surface area contributed by atoms with E-state index in [1.165, 1.54) is 6.92 Å². The molecule has 0 spiro atoms. The Kier molecular flexibility index (Phi) is 5.98. The molecule has 0 aromatic heterocycles. The highest BCUT2D eigenvalue weighted by Crippen LogP contribution is 2.36. The Balaban J connectivity index is 4.41. The molecule has 0 aliphatic rings. The molecule has 0 saturated carbocycles. The predicted octanol–water partition coefficient (Wildman–Crippen LogP) is 3.57. The zero-order valence-electron chi connectivity index (χ0n) is 9.28. The Morgan fingerprint density at radius 1 is 1.40 bits per heavy atom. The van der Waals surface area contributed by atoms with E-state index in [4.69, 9.17) is 0 Å². The summed E-state index contributed by atoms with van der Waals surface area (Å²) in [6, 6.07) is 0. The molecular formula is C10H17F2IO2. The lowest BCUT2D eigenvalue weighted by atomic mass is 9.98. The number of carbonyl (C=O) groups excluding carboxylic acids is 1. The molecular weight excluding hydrogens is 317 g/mol. The molecule has 0 aliphatic carbocycles. The molecule has 0 fully saturated rings. The van der Waals surface area contributed by atoms with Crippen molar-refractivity contribution in [1.82, 2.24) is 0 Å². The van der Waals surface area contributed by atoms with Gasteiger partial charge in [0.05, 0.1) is 6.61 Å². The van der Waals surface area contributed by atoms with Crippen LogP contribution in [0, 0.1) is 0 Å². The second kappa shape index (κ2) is 5.96. The normalized spacial score (nSPS) is 15.9. The second-order valence-corrected chi connectivity index (χ2v) is 6.37. The Morgan fingerprint density at radius 2 is 1.93 bits per heavy atom. The van der Waals surface area contributed by atoms with Crippen LogP contribution in [0.5, 0.6) is 0 Å². The van der Waals surface area contributed by atoms with Gasteiger partial charge in [-0.2, -0.15) is 8.78 Å². The number of alkyl halides is 3. The van der Waals surface area contributed by atoms with Crippen LogP contribution < -0.4 is 0 Å². The van der Waals surface area contributed by atoms with Crippen molar-refractivity contribution in [2.75, 3.05) is 6.61 Å². The molecule has 0 radical (unpaired) electrons. The summed E-state index contributed by atoms with van der Waals surface area (Å²) < 4.78 is 30.5. The smallest absolute Gasteiger partial charge is 0.377 e. The van der Waals surface area contributed by atoms with Crippen LogP contribution in [-0.2, 0) is 9.53 Å². The summed E-state index contributed by atoms with van der Waals surface area (Å²) in [6.45, 7) is 5.16. The van der Waals surface area contributed by atoms with Crippen molar-refractivity contribution in [3.8, 4) is 0 Å². The van der Waals surface area contributed by atoms with Gasteiger partial charge in [-0.3, -0.25) is 0 Å². The number of esters is 1. The van der Waals surface area contributed by atoms with Crippen molar-refractivity contribution in [2.45, 2.75) is 49.4 Å². The maximum Gasteiger partial charge on any atom is 0.377 e. The minimum Gasteiger partial charge on any atom is -0.462 e. The fourth-order valence-electron chi connectivity index (χ4n) is 1.38. The summed E-state index contributed by atoms with van der Waals surface area (Å²) in [5.74, 6) is -4.79. The van der Waals surface area contributed by atoms with Gasteiger partial charge in [-0.05, 0) is 13.3 Å². The number of carbonyl (C=O) groups is 1. The van der Waals surface area contributed by atoms with Crippen LogP contribution in [-0.4, -0.2) is 21.9 Å². The quantitative estimate of drug-likeness (QED) is 0.422. The molecule has 0 bridgehead atoms. The number of hydrogen-bond acceptors (Lipinski definition) is 2. The molecule has 1 atom stereocenters. The van der Waals surface area contributed by atoms with Crippen LogP contribution in [0.2, 0.25) is 0 Å². The van der Waals surface area contributed by atoms with Crippen LogP contribution in [0.3, 0.4) is 0 Å². The zero-order chi connectivity index (χ0) is 12.1. The van der Waals surface area contributed by atoms with E-state index >= 15 is 0 Å². The van der Waals surface area contributed by atoms with Gasteiger partial charge in [0, 0.05) is 9.84 Å². The van der Waals surface area contributed by atoms with Gasteiger partial charge in [-0.15, -0.1) is 0 Å². The first-order valence-corrected chi connectivity index (χ1v) is 6.07. The van der Waals surface area contributed by atoms with E-state index in [0.29, 0.717) is 6.42 Å². The van der Waals surface area contributed by atoms with E-state index < -0.39 is 21.7 Å². The maximum absolute atomic E-state index is 13.3. The highest BCUT2D eigenvalue weighted by molar-refractivity contribution is 14.1. The molecule has 0 heterocycles. The molecule has 2 nitrogen and oxygen atoms in total. The Morgan fingerprint density at radius 3 is 2.33 bits per heavy atom. The summed E-state index contributed by atoms with van der Waals surface area (Å²) in [4.78, 5) is 11.0. The van der Waals surface area contributed by atoms with Crippen molar-refractivity contribution < 1.29 is 18.3 Å². The predicted molar refractivity (Wildman–Crippen MR) is 63.5 cm³/mol. The summed E-state index contributed by atoms with van der Waals surface area (Å²) in [7, 11) is 0. The topological polar surface area (TPSA) is 26.3 Å². The Bertz CT molecular complexity index is 217. The van der Waals surface area contributed by atoms with Crippen LogP contribution in [0.25, 0.3) is 0 Å². The van der Waals surface area contributed by atoms with Gasteiger partial charge >= 0.3 is 11.9 Å². The van der Waals surface area contributed by atoms with E-state index in [9.17, 15) is 13.6 Å². The summed E-state index contributed by atoms with van der Waals surface area (Å²) in [5, 5.41) is 0. The van der Waals surface area contributed by atoms with Gasteiger partial charge in [-0.1, -0.05) is 42.9 Å². The molecule has 0 N–H and O–H groups in total. The third kappa shape index (κ3) is 5.63. The summed E-state index contributed by atoms with van der Waals surface area (Å²) >= 11 is 1.97. The molecule has 0 aliphatic heterocycles. The van der Waals surface area contributed by atoms with Gasteiger partial charge in [-0.25, -0.2) is 4.79 Å².